The highest BCUT2D eigenvalue weighted by molar-refractivity contribution is 5.81. The van der Waals surface area contributed by atoms with Crippen molar-refractivity contribution in [3.05, 3.63) is 11.9 Å². The van der Waals surface area contributed by atoms with Crippen molar-refractivity contribution in [2.45, 2.75) is 25.2 Å². The molecule has 1 aliphatic carbocycles. The number of carbonyl (C=O) groups is 1. The SMILES string of the molecule is COc1cnn(C)c1C1CCC(=O)C1. The normalized spacial score (nSPS) is 21.6. The summed E-state index contributed by atoms with van der Waals surface area (Å²) >= 11 is 0. The van der Waals surface area contributed by atoms with Gasteiger partial charge in [-0.1, -0.05) is 0 Å². The minimum Gasteiger partial charge on any atom is -0.493 e. The van der Waals surface area contributed by atoms with Gasteiger partial charge in [0.15, 0.2) is 5.75 Å². The predicted molar refractivity (Wildman–Crippen MR) is 51.4 cm³/mol. The van der Waals surface area contributed by atoms with Gasteiger partial charge in [0.25, 0.3) is 0 Å². The molecule has 2 rings (SSSR count). The molecule has 76 valence electrons. The molecule has 0 aliphatic heterocycles. The van der Waals surface area contributed by atoms with Crippen molar-refractivity contribution in [2.24, 2.45) is 7.05 Å². The third kappa shape index (κ3) is 1.41. The van der Waals surface area contributed by atoms with Crippen LogP contribution >= 0.6 is 0 Å². The Balaban J connectivity index is 2.30. The Hall–Kier alpha value is -1.32. The average Bonchev–Trinajstić information content (AvgIpc) is 2.71. The van der Waals surface area contributed by atoms with Gasteiger partial charge in [-0.2, -0.15) is 5.10 Å². The Morgan fingerprint density at radius 3 is 3.00 bits per heavy atom. The topological polar surface area (TPSA) is 44.1 Å². The molecule has 1 aromatic rings. The zero-order chi connectivity index (χ0) is 10.1. The number of rotatable bonds is 2. The Morgan fingerprint density at radius 1 is 1.64 bits per heavy atom. The van der Waals surface area contributed by atoms with Crippen molar-refractivity contribution >= 4 is 5.78 Å². The molecule has 0 amide bonds. The van der Waals surface area contributed by atoms with Crippen LogP contribution in [0.1, 0.15) is 30.9 Å². The molecule has 0 spiro atoms. The first-order chi connectivity index (χ1) is 6.72. The fraction of sp³-hybridized carbons (Fsp3) is 0.600. The lowest BCUT2D eigenvalue weighted by atomic mass is 10.0. The van der Waals surface area contributed by atoms with Crippen molar-refractivity contribution < 1.29 is 9.53 Å². The van der Waals surface area contributed by atoms with Crippen molar-refractivity contribution in [1.82, 2.24) is 9.78 Å². The van der Waals surface area contributed by atoms with Gasteiger partial charge in [-0.05, 0) is 6.42 Å². The van der Waals surface area contributed by atoms with Crippen molar-refractivity contribution in [1.29, 1.82) is 0 Å². The van der Waals surface area contributed by atoms with E-state index in [1.807, 2.05) is 11.7 Å². The number of nitrogens with zero attached hydrogens (tertiary/aromatic N) is 2. The Bertz CT molecular complexity index is 357. The third-order valence-electron chi connectivity index (χ3n) is 2.80. The summed E-state index contributed by atoms with van der Waals surface area (Å²) in [5.41, 5.74) is 1.05. The summed E-state index contributed by atoms with van der Waals surface area (Å²) in [4.78, 5) is 11.2. The molecular weight excluding hydrogens is 180 g/mol. The molecule has 0 saturated heterocycles. The van der Waals surface area contributed by atoms with Gasteiger partial charge < -0.3 is 4.74 Å². The van der Waals surface area contributed by atoms with E-state index >= 15 is 0 Å². The minimum absolute atomic E-state index is 0.296. The summed E-state index contributed by atoms with van der Waals surface area (Å²) in [5, 5.41) is 4.14. The molecule has 1 aliphatic rings. The Kier molecular flexibility index (Phi) is 2.27. The number of Topliss-reactive ketones (excluding diaryl/α,β-unsaturated/α-hetero) is 1. The van der Waals surface area contributed by atoms with E-state index in [2.05, 4.69) is 5.10 Å². The van der Waals surface area contributed by atoms with E-state index in [9.17, 15) is 4.79 Å². The predicted octanol–water partition coefficient (Wildman–Crippen LogP) is 1.27. The number of ketones is 1. The first kappa shape index (κ1) is 9.24. The van der Waals surface area contributed by atoms with Gasteiger partial charge in [0.05, 0.1) is 19.0 Å². The molecule has 1 saturated carbocycles. The maximum atomic E-state index is 11.2. The van der Waals surface area contributed by atoms with Crippen LogP contribution in [0, 0.1) is 0 Å². The standard InChI is InChI=1S/C10H14N2O2/c1-12-10(9(14-2)6-11-12)7-3-4-8(13)5-7/h6-7H,3-5H2,1-2H3. The van der Waals surface area contributed by atoms with Crippen LogP contribution in [0.25, 0.3) is 0 Å². The van der Waals surface area contributed by atoms with E-state index in [0.717, 1.165) is 17.9 Å². The van der Waals surface area contributed by atoms with Gasteiger partial charge in [-0.15, -0.1) is 0 Å². The maximum absolute atomic E-state index is 11.2. The Labute approximate surface area is 82.9 Å². The first-order valence-electron chi connectivity index (χ1n) is 4.80. The second-order valence-corrected chi connectivity index (χ2v) is 3.70. The zero-order valence-corrected chi connectivity index (χ0v) is 8.49. The number of carbonyl (C=O) groups excluding carboxylic acids is 1. The molecule has 4 nitrogen and oxygen atoms in total. The number of hydrogen-bond donors (Lipinski definition) is 0. The number of ether oxygens (including phenoxy) is 1. The summed E-state index contributed by atoms with van der Waals surface area (Å²) in [6, 6.07) is 0. The van der Waals surface area contributed by atoms with Crippen molar-refractivity contribution in [3.63, 3.8) is 0 Å². The van der Waals surface area contributed by atoms with E-state index in [1.165, 1.54) is 0 Å². The van der Waals surface area contributed by atoms with Gasteiger partial charge in [0, 0.05) is 25.8 Å². The van der Waals surface area contributed by atoms with Gasteiger partial charge in [0.2, 0.25) is 0 Å². The van der Waals surface area contributed by atoms with Crippen LogP contribution < -0.4 is 4.74 Å². The van der Waals surface area contributed by atoms with Crippen LogP contribution in [-0.4, -0.2) is 22.7 Å². The quantitative estimate of drug-likeness (QED) is 0.712. The number of hydrogen-bond acceptors (Lipinski definition) is 3. The highest BCUT2D eigenvalue weighted by Gasteiger charge is 2.28. The monoisotopic (exact) mass is 194 g/mol. The highest BCUT2D eigenvalue weighted by Crippen LogP contribution is 2.36. The van der Waals surface area contributed by atoms with Gasteiger partial charge in [-0.3, -0.25) is 9.48 Å². The molecular formula is C10H14N2O2. The van der Waals surface area contributed by atoms with Crippen LogP contribution in [0.2, 0.25) is 0 Å². The van der Waals surface area contributed by atoms with E-state index < -0.39 is 0 Å². The van der Waals surface area contributed by atoms with Gasteiger partial charge in [0.1, 0.15) is 5.78 Å². The molecule has 1 fully saturated rings. The van der Waals surface area contributed by atoms with Gasteiger partial charge >= 0.3 is 0 Å². The maximum Gasteiger partial charge on any atom is 0.160 e. The molecule has 1 unspecified atom stereocenters. The lowest BCUT2D eigenvalue weighted by Crippen LogP contribution is -2.04. The molecule has 14 heavy (non-hydrogen) atoms. The number of methoxy groups -OCH3 is 1. The van der Waals surface area contributed by atoms with Crippen LogP contribution in [-0.2, 0) is 11.8 Å². The molecule has 0 N–H and O–H groups in total. The number of aryl methyl sites for hydroxylation is 1. The lowest BCUT2D eigenvalue weighted by molar-refractivity contribution is -0.117. The summed E-state index contributed by atoms with van der Waals surface area (Å²) in [5.74, 6) is 1.44. The summed E-state index contributed by atoms with van der Waals surface area (Å²) in [6.45, 7) is 0. The molecule has 1 atom stereocenters. The smallest absolute Gasteiger partial charge is 0.160 e. The van der Waals surface area contributed by atoms with E-state index in [0.29, 0.717) is 24.5 Å². The third-order valence-corrected chi connectivity index (χ3v) is 2.80. The zero-order valence-electron chi connectivity index (χ0n) is 8.49. The van der Waals surface area contributed by atoms with E-state index in [-0.39, 0.29) is 0 Å². The van der Waals surface area contributed by atoms with E-state index in [4.69, 9.17) is 4.74 Å². The fourth-order valence-corrected chi connectivity index (χ4v) is 2.10. The molecule has 1 aromatic heterocycles. The Morgan fingerprint density at radius 2 is 2.43 bits per heavy atom. The molecule has 0 aromatic carbocycles. The molecule has 1 heterocycles. The van der Waals surface area contributed by atoms with Crippen LogP contribution in [0.5, 0.6) is 5.75 Å². The second-order valence-electron chi connectivity index (χ2n) is 3.70. The molecule has 0 bridgehead atoms. The fourth-order valence-electron chi connectivity index (χ4n) is 2.10. The molecule has 0 radical (unpaired) electrons. The highest BCUT2D eigenvalue weighted by atomic mass is 16.5. The first-order valence-corrected chi connectivity index (χ1v) is 4.80. The summed E-state index contributed by atoms with van der Waals surface area (Å²) < 4.78 is 7.03. The van der Waals surface area contributed by atoms with Crippen LogP contribution in [0.3, 0.4) is 0 Å². The van der Waals surface area contributed by atoms with Gasteiger partial charge in [-0.25, -0.2) is 0 Å². The van der Waals surface area contributed by atoms with E-state index in [1.54, 1.807) is 13.3 Å². The average molecular weight is 194 g/mol. The number of aromatic nitrogens is 2. The van der Waals surface area contributed by atoms with Crippen LogP contribution in [0.4, 0.5) is 0 Å². The molecule has 4 heteroatoms. The summed E-state index contributed by atoms with van der Waals surface area (Å²) in [6.07, 6.45) is 3.96. The van der Waals surface area contributed by atoms with Crippen molar-refractivity contribution in [3.8, 4) is 5.75 Å². The lowest BCUT2D eigenvalue weighted by Gasteiger charge is -2.10. The summed E-state index contributed by atoms with van der Waals surface area (Å²) in [7, 11) is 3.53. The minimum atomic E-state index is 0.296. The largest absolute Gasteiger partial charge is 0.493 e. The van der Waals surface area contributed by atoms with Crippen LogP contribution in [0.15, 0.2) is 6.20 Å². The van der Waals surface area contributed by atoms with Crippen molar-refractivity contribution in [2.75, 3.05) is 7.11 Å². The second kappa shape index (κ2) is 3.44.